The van der Waals surface area contributed by atoms with Crippen molar-refractivity contribution in [3.8, 4) is 5.75 Å². The third-order valence-electron chi connectivity index (χ3n) is 8.28. The molecule has 1 unspecified atom stereocenters. The van der Waals surface area contributed by atoms with Crippen LogP contribution in [0.15, 0.2) is 78.9 Å². The molecule has 3 aromatic rings. The Kier molecular flexibility index (Phi) is 9.69. The maximum atomic E-state index is 5.93. The summed E-state index contributed by atoms with van der Waals surface area (Å²) < 4.78 is 5.93. The first-order valence-corrected chi connectivity index (χ1v) is 14.5. The zero-order valence-electron chi connectivity index (χ0n) is 24.1. The van der Waals surface area contributed by atoms with E-state index in [0.29, 0.717) is 17.8 Å². The molecule has 4 rings (SSSR count). The van der Waals surface area contributed by atoms with Gasteiger partial charge in [-0.25, -0.2) is 0 Å². The van der Waals surface area contributed by atoms with Gasteiger partial charge in [-0.2, -0.15) is 0 Å². The molecule has 202 valence electrons. The molecule has 1 aliphatic rings. The zero-order chi connectivity index (χ0) is 27.1. The van der Waals surface area contributed by atoms with Crippen molar-refractivity contribution in [2.75, 3.05) is 26.2 Å². The van der Waals surface area contributed by atoms with Crippen LogP contribution in [-0.4, -0.2) is 36.1 Å². The lowest BCUT2D eigenvalue weighted by atomic mass is 9.87. The minimum Gasteiger partial charge on any atom is -0.492 e. The van der Waals surface area contributed by atoms with Gasteiger partial charge in [-0.1, -0.05) is 82.3 Å². The van der Waals surface area contributed by atoms with Gasteiger partial charge in [-0.05, 0) is 98.0 Å². The quantitative estimate of drug-likeness (QED) is 0.261. The number of H-pyrrole nitrogens is 1. The molecule has 0 amide bonds. The van der Waals surface area contributed by atoms with E-state index in [1.807, 2.05) is 36.4 Å². The number of hydrogen-bond acceptors (Lipinski definition) is 2. The zero-order valence-corrected chi connectivity index (χ0v) is 24.1. The Morgan fingerprint density at radius 1 is 1.11 bits per heavy atom. The summed E-state index contributed by atoms with van der Waals surface area (Å²) >= 11 is 0. The monoisotopic (exact) mass is 510 g/mol. The molecule has 1 fully saturated rings. The summed E-state index contributed by atoms with van der Waals surface area (Å²) in [6.07, 6.45) is 9.96. The molecule has 0 saturated carbocycles. The highest BCUT2D eigenvalue weighted by Gasteiger charge is 2.23. The molecular formula is C35H46N2O. The van der Waals surface area contributed by atoms with Gasteiger partial charge in [-0.15, -0.1) is 0 Å². The molecule has 1 aromatic heterocycles. The number of hydrogen-bond donors (Lipinski definition) is 1. The van der Waals surface area contributed by atoms with Gasteiger partial charge in [0.1, 0.15) is 12.4 Å². The van der Waals surface area contributed by atoms with Gasteiger partial charge in [0.25, 0.3) is 0 Å². The first-order chi connectivity index (χ1) is 18.4. The fourth-order valence-corrected chi connectivity index (χ4v) is 5.65. The lowest BCUT2D eigenvalue weighted by Crippen LogP contribution is -2.35. The Labute approximate surface area is 230 Å². The van der Waals surface area contributed by atoms with Crippen molar-refractivity contribution in [3.05, 3.63) is 95.7 Å². The number of aromatic amines is 1. The second kappa shape index (κ2) is 13.2. The van der Waals surface area contributed by atoms with Crippen LogP contribution >= 0.6 is 0 Å². The smallest absolute Gasteiger partial charge is 0.119 e. The highest BCUT2D eigenvalue weighted by Crippen LogP contribution is 2.37. The largest absolute Gasteiger partial charge is 0.492 e. The maximum Gasteiger partial charge on any atom is 0.119 e. The van der Waals surface area contributed by atoms with Crippen molar-refractivity contribution < 1.29 is 4.74 Å². The second-order valence-corrected chi connectivity index (χ2v) is 11.2. The molecule has 1 N–H and O–H groups in total. The average molecular weight is 511 g/mol. The van der Waals surface area contributed by atoms with E-state index < -0.39 is 0 Å². The highest BCUT2D eigenvalue weighted by molar-refractivity contribution is 5.92. The molecule has 3 nitrogen and oxygen atoms in total. The van der Waals surface area contributed by atoms with E-state index in [1.54, 1.807) is 0 Å². The normalized spacial score (nSPS) is 16.8. The predicted molar refractivity (Wildman–Crippen MR) is 164 cm³/mol. The van der Waals surface area contributed by atoms with E-state index in [1.165, 1.54) is 51.7 Å². The number of para-hydroxylation sites is 1. The molecule has 38 heavy (non-hydrogen) atoms. The van der Waals surface area contributed by atoms with Crippen LogP contribution in [0.5, 0.6) is 5.75 Å². The number of benzene rings is 2. The van der Waals surface area contributed by atoms with Crippen LogP contribution in [0.25, 0.3) is 16.5 Å². The van der Waals surface area contributed by atoms with Gasteiger partial charge in [0, 0.05) is 23.1 Å². The van der Waals surface area contributed by atoms with Crippen LogP contribution in [0, 0.1) is 5.92 Å². The number of ether oxygens (including phenoxy) is 1. The van der Waals surface area contributed by atoms with Crippen LogP contribution in [0.4, 0.5) is 0 Å². The fraction of sp³-hybridized carbons (Fsp3) is 0.429. The van der Waals surface area contributed by atoms with E-state index >= 15 is 0 Å². The summed E-state index contributed by atoms with van der Waals surface area (Å²) in [5.74, 6) is 2.56. The first kappa shape index (κ1) is 28.0. The summed E-state index contributed by atoms with van der Waals surface area (Å²) in [5, 5.41) is 1.37. The topological polar surface area (TPSA) is 28.3 Å². The number of rotatable bonds is 11. The predicted octanol–water partition coefficient (Wildman–Crippen LogP) is 9.11. The molecular weight excluding hydrogens is 464 g/mol. The Morgan fingerprint density at radius 2 is 1.84 bits per heavy atom. The SMILES string of the molecule is C=C/C=C(\C=C(\C)C(C)CC)c1[nH]c2ccc(C3CCN(CCOc4ccccc4)CC3)cc2c1C(C)C. The minimum atomic E-state index is 0.422. The van der Waals surface area contributed by atoms with Gasteiger partial charge in [0.05, 0.1) is 0 Å². The molecule has 0 aliphatic carbocycles. The summed E-state index contributed by atoms with van der Waals surface area (Å²) in [6.45, 7) is 19.4. The number of nitrogens with zero attached hydrogens (tertiary/aromatic N) is 1. The first-order valence-electron chi connectivity index (χ1n) is 14.5. The Morgan fingerprint density at radius 3 is 2.50 bits per heavy atom. The molecule has 3 heteroatoms. The maximum absolute atomic E-state index is 5.93. The molecule has 0 spiro atoms. The minimum absolute atomic E-state index is 0.422. The number of aromatic nitrogens is 1. The molecule has 2 aromatic carbocycles. The Hall–Kier alpha value is -3.04. The van der Waals surface area contributed by atoms with Crippen molar-refractivity contribution in [1.82, 2.24) is 9.88 Å². The van der Waals surface area contributed by atoms with E-state index in [4.69, 9.17) is 4.74 Å². The van der Waals surface area contributed by atoms with Crippen LogP contribution in [0.1, 0.15) is 82.5 Å². The van der Waals surface area contributed by atoms with Gasteiger partial charge in [0.2, 0.25) is 0 Å². The number of allylic oxidation sites excluding steroid dienone is 5. The molecule has 1 aliphatic heterocycles. The van der Waals surface area contributed by atoms with Crippen molar-refractivity contribution in [2.45, 2.75) is 65.7 Å². The number of nitrogens with one attached hydrogen (secondary N) is 1. The lowest BCUT2D eigenvalue weighted by molar-refractivity contribution is 0.173. The van der Waals surface area contributed by atoms with E-state index in [9.17, 15) is 0 Å². The highest BCUT2D eigenvalue weighted by atomic mass is 16.5. The number of likely N-dealkylation sites (tertiary alicyclic amines) is 1. The van der Waals surface area contributed by atoms with E-state index in [0.717, 1.165) is 38.4 Å². The molecule has 0 radical (unpaired) electrons. The second-order valence-electron chi connectivity index (χ2n) is 11.2. The molecule has 1 atom stereocenters. The van der Waals surface area contributed by atoms with Gasteiger partial charge >= 0.3 is 0 Å². The average Bonchev–Trinajstić information content (AvgIpc) is 3.32. The fourth-order valence-electron chi connectivity index (χ4n) is 5.65. The Balaban J connectivity index is 1.50. The van der Waals surface area contributed by atoms with E-state index in [2.05, 4.69) is 81.4 Å². The summed E-state index contributed by atoms with van der Waals surface area (Å²) in [7, 11) is 0. The third kappa shape index (κ3) is 6.69. The lowest BCUT2D eigenvalue weighted by Gasteiger charge is -2.32. The van der Waals surface area contributed by atoms with Gasteiger partial charge < -0.3 is 9.72 Å². The molecule has 2 heterocycles. The molecule has 0 bridgehead atoms. The summed E-state index contributed by atoms with van der Waals surface area (Å²) in [5.41, 5.74) is 8.00. The Bertz CT molecular complexity index is 1260. The molecule has 1 saturated heterocycles. The van der Waals surface area contributed by atoms with Crippen molar-refractivity contribution in [3.63, 3.8) is 0 Å². The van der Waals surface area contributed by atoms with Crippen molar-refractivity contribution in [2.24, 2.45) is 5.92 Å². The third-order valence-corrected chi connectivity index (χ3v) is 8.28. The standard InChI is InChI=1S/C35H46N2O/c1-7-12-30(23-27(6)26(5)8-2)35-34(25(3)4)32-24-29(15-16-33(32)36-35)28-17-19-37(20-18-28)21-22-38-31-13-10-9-11-14-31/h7,9-16,23-26,28,36H,1,8,17-22H2,2-6H3/b27-23-,30-12+. The van der Waals surface area contributed by atoms with E-state index in [-0.39, 0.29) is 0 Å². The number of fused-ring (bicyclic) bond motifs is 1. The number of piperidine rings is 1. The van der Waals surface area contributed by atoms with Crippen molar-refractivity contribution >= 4 is 16.5 Å². The van der Waals surface area contributed by atoms with Gasteiger partial charge in [-0.3, -0.25) is 4.90 Å². The summed E-state index contributed by atoms with van der Waals surface area (Å²) in [6, 6.07) is 17.3. The summed E-state index contributed by atoms with van der Waals surface area (Å²) in [4.78, 5) is 6.33. The van der Waals surface area contributed by atoms with Crippen LogP contribution in [0.2, 0.25) is 0 Å². The van der Waals surface area contributed by atoms with Crippen LogP contribution in [-0.2, 0) is 0 Å². The van der Waals surface area contributed by atoms with Crippen molar-refractivity contribution in [1.29, 1.82) is 0 Å². The van der Waals surface area contributed by atoms with Crippen LogP contribution in [0.3, 0.4) is 0 Å². The van der Waals surface area contributed by atoms with Crippen LogP contribution < -0.4 is 4.74 Å². The van der Waals surface area contributed by atoms with Gasteiger partial charge in [0.15, 0.2) is 0 Å².